The van der Waals surface area contributed by atoms with Gasteiger partial charge in [0.2, 0.25) is 5.89 Å². The summed E-state index contributed by atoms with van der Waals surface area (Å²) in [5.41, 5.74) is 2.96. The molecule has 0 radical (unpaired) electrons. The molecule has 0 saturated heterocycles. The normalized spacial score (nSPS) is 10.5. The molecule has 5 heteroatoms. The average molecular weight is 321 g/mol. The monoisotopic (exact) mass is 321 g/mol. The number of benzene rings is 2. The predicted octanol–water partition coefficient (Wildman–Crippen LogP) is 3.09. The Kier molecular flexibility index (Phi) is 5.01. The van der Waals surface area contributed by atoms with Crippen molar-refractivity contribution in [2.24, 2.45) is 0 Å². The van der Waals surface area contributed by atoms with Crippen molar-refractivity contribution in [2.75, 3.05) is 0 Å². The fraction of sp³-hybridized carbons (Fsp3) is 0.211. The number of amides is 1. The van der Waals surface area contributed by atoms with Crippen LogP contribution in [-0.2, 0) is 19.4 Å². The van der Waals surface area contributed by atoms with Crippen molar-refractivity contribution in [2.45, 2.75) is 26.3 Å². The van der Waals surface area contributed by atoms with Crippen molar-refractivity contribution < 1.29 is 9.32 Å². The lowest BCUT2D eigenvalue weighted by atomic mass is 10.1. The van der Waals surface area contributed by atoms with Crippen LogP contribution in [0, 0.1) is 6.92 Å². The van der Waals surface area contributed by atoms with Gasteiger partial charge in [-0.2, -0.15) is 4.98 Å². The Morgan fingerprint density at radius 1 is 1.04 bits per heavy atom. The molecule has 0 aliphatic rings. The first-order chi connectivity index (χ1) is 11.7. The maximum atomic E-state index is 12.0. The molecule has 3 aromatic rings. The second kappa shape index (κ2) is 7.55. The molecule has 5 nitrogen and oxygen atoms in total. The van der Waals surface area contributed by atoms with Crippen molar-refractivity contribution in [3.63, 3.8) is 0 Å². The minimum atomic E-state index is -0.148. The summed E-state index contributed by atoms with van der Waals surface area (Å²) in [6, 6.07) is 17.6. The third-order valence-corrected chi connectivity index (χ3v) is 3.70. The van der Waals surface area contributed by atoms with Crippen molar-refractivity contribution in [3.05, 3.63) is 83.0 Å². The minimum Gasteiger partial charge on any atom is -0.345 e. The molecule has 0 atom stereocenters. The zero-order chi connectivity index (χ0) is 16.8. The van der Waals surface area contributed by atoms with E-state index in [1.807, 2.05) is 37.3 Å². The van der Waals surface area contributed by atoms with Gasteiger partial charge in [0.05, 0.1) is 6.54 Å². The van der Waals surface area contributed by atoms with Crippen LogP contribution in [0.4, 0.5) is 0 Å². The van der Waals surface area contributed by atoms with Gasteiger partial charge in [-0.3, -0.25) is 4.79 Å². The van der Waals surface area contributed by atoms with Gasteiger partial charge in [-0.25, -0.2) is 0 Å². The molecule has 0 saturated carbocycles. The molecule has 0 fully saturated rings. The van der Waals surface area contributed by atoms with E-state index in [4.69, 9.17) is 4.52 Å². The smallest absolute Gasteiger partial charge is 0.251 e. The highest BCUT2D eigenvalue weighted by atomic mass is 16.5. The first-order valence-corrected chi connectivity index (χ1v) is 7.91. The van der Waals surface area contributed by atoms with E-state index < -0.39 is 0 Å². The molecule has 122 valence electrons. The van der Waals surface area contributed by atoms with Gasteiger partial charge < -0.3 is 9.84 Å². The van der Waals surface area contributed by atoms with Gasteiger partial charge in [0.25, 0.3) is 5.91 Å². The number of carbonyl (C=O) groups is 1. The first-order valence-electron chi connectivity index (χ1n) is 7.91. The van der Waals surface area contributed by atoms with Gasteiger partial charge in [-0.05, 0) is 31.0 Å². The van der Waals surface area contributed by atoms with E-state index in [9.17, 15) is 4.79 Å². The van der Waals surface area contributed by atoms with E-state index in [1.165, 1.54) is 5.56 Å². The van der Waals surface area contributed by atoms with Crippen LogP contribution < -0.4 is 5.32 Å². The maximum Gasteiger partial charge on any atom is 0.251 e. The minimum absolute atomic E-state index is 0.148. The SMILES string of the molecule is Cc1ccc(C(=O)NCc2noc(CCc3ccccc3)n2)cc1. The summed E-state index contributed by atoms with van der Waals surface area (Å²) >= 11 is 0. The second-order valence-electron chi connectivity index (χ2n) is 5.64. The summed E-state index contributed by atoms with van der Waals surface area (Å²) in [7, 11) is 0. The average Bonchev–Trinajstić information content (AvgIpc) is 3.07. The number of hydrogen-bond donors (Lipinski definition) is 1. The molecule has 1 aromatic heterocycles. The molecule has 24 heavy (non-hydrogen) atoms. The summed E-state index contributed by atoms with van der Waals surface area (Å²) in [5, 5.41) is 6.71. The lowest BCUT2D eigenvalue weighted by Gasteiger charge is -2.02. The molecule has 2 aromatic carbocycles. The quantitative estimate of drug-likeness (QED) is 0.757. The summed E-state index contributed by atoms with van der Waals surface area (Å²) in [6.07, 6.45) is 1.53. The van der Waals surface area contributed by atoms with E-state index in [1.54, 1.807) is 12.1 Å². The third-order valence-electron chi connectivity index (χ3n) is 3.70. The number of hydrogen-bond acceptors (Lipinski definition) is 4. The largest absolute Gasteiger partial charge is 0.345 e. The van der Waals surface area contributed by atoms with Crippen LogP contribution in [0.15, 0.2) is 59.1 Å². The molecule has 0 spiro atoms. The highest BCUT2D eigenvalue weighted by Crippen LogP contribution is 2.06. The number of aromatic nitrogens is 2. The van der Waals surface area contributed by atoms with Crippen molar-refractivity contribution in [1.82, 2.24) is 15.5 Å². The number of nitrogens with zero attached hydrogens (tertiary/aromatic N) is 2. The number of rotatable bonds is 6. The van der Waals surface area contributed by atoms with Crippen LogP contribution in [-0.4, -0.2) is 16.0 Å². The molecule has 1 N–H and O–H groups in total. The summed E-state index contributed by atoms with van der Waals surface area (Å²) in [6.45, 7) is 2.24. The molecule has 1 heterocycles. The van der Waals surface area contributed by atoms with E-state index in [-0.39, 0.29) is 12.5 Å². The summed E-state index contributed by atoms with van der Waals surface area (Å²) in [4.78, 5) is 16.4. The Bertz CT molecular complexity index is 795. The highest BCUT2D eigenvalue weighted by Gasteiger charge is 2.09. The second-order valence-corrected chi connectivity index (χ2v) is 5.64. The Hall–Kier alpha value is -2.95. The van der Waals surface area contributed by atoms with Gasteiger partial charge in [0.15, 0.2) is 5.82 Å². The van der Waals surface area contributed by atoms with Gasteiger partial charge >= 0.3 is 0 Å². The zero-order valence-corrected chi connectivity index (χ0v) is 13.5. The van der Waals surface area contributed by atoms with Crippen molar-refractivity contribution in [1.29, 1.82) is 0 Å². The Morgan fingerprint density at radius 3 is 2.54 bits per heavy atom. The fourth-order valence-corrected chi connectivity index (χ4v) is 2.33. The number of carbonyl (C=O) groups excluding carboxylic acids is 1. The standard InChI is InChI=1S/C19H19N3O2/c1-14-7-10-16(11-8-14)19(23)20-13-17-21-18(24-22-17)12-9-15-5-3-2-4-6-15/h2-8,10-11H,9,12-13H2,1H3,(H,20,23). The van der Waals surface area contributed by atoms with Gasteiger partial charge in [0, 0.05) is 12.0 Å². The van der Waals surface area contributed by atoms with Crippen molar-refractivity contribution in [3.8, 4) is 0 Å². The molecule has 0 bridgehead atoms. The molecule has 0 unspecified atom stereocenters. The topological polar surface area (TPSA) is 68.0 Å². The Labute approximate surface area is 140 Å². The van der Waals surface area contributed by atoms with Crippen LogP contribution in [0.2, 0.25) is 0 Å². The zero-order valence-electron chi connectivity index (χ0n) is 13.5. The van der Waals surface area contributed by atoms with E-state index in [0.717, 1.165) is 12.0 Å². The molecule has 1 amide bonds. The van der Waals surface area contributed by atoms with Gasteiger partial charge in [-0.1, -0.05) is 53.2 Å². The molecule has 3 rings (SSSR count). The van der Waals surface area contributed by atoms with E-state index in [2.05, 4.69) is 27.6 Å². The van der Waals surface area contributed by atoms with Gasteiger partial charge in [0.1, 0.15) is 0 Å². The Balaban J connectivity index is 1.50. The van der Waals surface area contributed by atoms with Gasteiger partial charge in [-0.15, -0.1) is 0 Å². The maximum absolute atomic E-state index is 12.0. The van der Waals surface area contributed by atoms with Crippen LogP contribution in [0.25, 0.3) is 0 Å². The Morgan fingerprint density at radius 2 is 1.79 bits per heavy atom. The van der Waals surface area contributed by atoms with Crippen molar-refractivity contribution >= 4 is 5.91 Å². The predicted molar refractivity (Wildman–Crippen MR) is 90.5 cm³/mol. The van der Waals surface area contributed by atoms with E-state index in [0.29, 0.717) is 23.7 Å². The summed E-state index contributed by atoms with van der Waals surface area (Å²) < 4.78 is 5.23. The fourth-order valence-electron chi connectivity index (χ4n) is 2.33. The number of aryl methyl sites for hydroxylation is 3. The van der Waals surface area contributed by atoms with Crippen LogP contribution in [0.5, 0.6) is 0 Å². The molecule has 0 aliphatic heterocycles. The van der Waals surface area contributed by atoms with E-state index >= 15 is 0 Å². The molecular formula is C19H19N3O2. The summed E-state index contributed by atoms with van der Waals surface area (Å²) in [5.74, 6) is 0.919. The number of nitrogens with one attached hydrogen (secondary N) is 1. The third kappa shape index (κ3) is 4.29. The van der Waals surface area contributed by atoms with Crippen LogP contribution in [0.3, 0.4) is 0 Å². The lowest BCUT2D eigenvalue weighted by molar-refractivity contribution is 0.0949. The van der Waals surface area contributed by atoms with Crippen LogP contribution >= 0.6 is 0 Å². The molecular weight excluding hydrogens is 302 g/mol. The lowest BCUT2D eigenvalue weighted by Crippen LogP contribution is -2.23. The molecule has 0 aliphatic carbocycles. The highest BCUT2D eigenvalue weighted by molar-refractivity contribution is 5.94. The van der Waals surface area contributed by atoms with Crippen LogP contribution in [0.1, 0.15) is 33.2 Å². The first kappa shape index (κ1) is 15.9.